The van der Waals surface area contributed by atoms with Crippen molar-refractivity contribution in [3.05, 3.63) is 138 Å². The predicted molar refractivity (Wildman–Crippen MR) is 195 cm³/mol. The molecule has 254 valence electrons. The molecule has 0 unspecified atom stereocenters. The molecule has 11 heteroatoms. The van der Waals surface area contributed by atoms with E-state index in [1.165, 1.54) is 39.2 Å². The number of nitrogens with one attached hydrogen (secondary N) is 3. The van der Waals surface area contributed by atoms with Crippen LogP contribution >= 0.6 is 11.8 Å². The molecule has 0 saturated carbocycles. The maximum atomic E-state index is 13.7. The molecular formula is C39H35N3O7S. The standard InChI is InChI=1S/C39H35N3O7S/c1-46-34-24-36(48-3)35(47-2)22-27(34)21-33(42-38(44)26-11-6-4-7-12-26)39(45)41-29-13-10-16-32(23-29)50-25-37(43)40-28-17-19-31(20-18-28)49-30-14-8-5-9-15-30/h4-24H,25H2,1-3H3,(H,40,43)(H,41,45)(H,42,44)/b33-21+. The first kappa shape index (κ1) is 35.1. The summed E-state index contributed by atoms with van der Waals surface area (Å²) in [5.74, 6) is 1.52. The molecular weight excluding hydrogens is 655 g/mol. The second kappa shape index (κ2) is 17.3. The molecule has 0 aliphatic rings. The van der Waals surface area contributed by atoms with Crippen LogP contribution in [0, 0.1) is 0 Å². The maximum absolute atomic E-state index is 13.7. The molecule has 0 aliphatic carbocycles. The topological polar surface area (TPSA) is 124 Å². The highest BCUT2D eigenvalue weighted by molar-refractivity contribution is 8.00. The molecule has 0 aliphatic heterocycles. The lowest BCUT2D eigenvalue weighted by atomic mass is 10.1. The quantitative estimate of drug-likeness (QED) is 0.0803. The minimum absolute atomic E-state index is 0.0398. The fourth-order valence-corrected chi connectivity index (χ4v) is 5.46. The molecule has 0 bridgehead atoms. The maximum Gasteiger partial charge on any atom is 0.272 e. The number of amides is 3. The van der Waals surface area contributed by atoms with Gasteiger partial charge in [0, 0.05) is 33.5 Å². The Kier molecular flexibility index (Phi) is 12.1. The van der Waals surface area contributed by atoms with Gasteiger partial charge < -0.3 is 34.9 Å². The number of methoxy groups -OCH3 is 3. The summed E-state index contributed by atoms with van der Waals surface area (Å²) in [6.07, 6.45) is 1.50. The SMILES string of the molecule is COc1cc(OC)c(OC)cc1/C=C(/NC(=O)c1ccccc1)C(=O)Nc1cccc(SCC(=O)Nc2ccc(Oc3ccccc3)cc2)c1. The minimum Gasteiger partial charge on any atom is -0.496 e. The van der Waals surface area contributed by atoms with Gasteiger partial charge in [-0.25, -0.2) is 0 Å². The van der Waals surface area contributed by atoms with Crippen LogP contribution < -0.4 is 34.9 Å². The molecule has 0 spiro atoms. The van der Waals surface area contributed by atoms with Crippen molar-refractivity contribution in [2.75, 3.05) is 37.7 Å². The van der Waals surface area contributed by atoms with E-state index < -0.39 is 11.8 Å². The van der Waals surface area contributed by atoms with Crippen molar-refractivity contribution in [1.29, 1.82) is 0 Å². The third kappa shape index (κ3) is 9.68. The summed E-state index contributed by atoms with van der Waals surface area (Å²) in [7, 11) is 4.49. The van der Waals surface area contributed by atoms with Crippen LogP contribution in [0.2, 0.25) is 0 Å². The molecule has 0 radical (unpaired) electrons. The molecule has 5 aromatic carbocycles. The molecule has 0 saturated heterocycles. The fourth-order valence-electron chi connectivity index (χ4n) is 4.70. The second-order valence-electron chi connectivity index (χ2n) is 10.6. The highest BCUT2D eigenvalue weighted by Gasteiger charge is 2.18. The molecule has 10 nitrogen and oxygen atoms in total. The summed E-state index contributed by atoms with van der Waals surface area (Å²) in [5.41, 5.74) is 1.91. The molecule has 5 aromatic rings. The van der Waals surface area contributed by atoms with Gasteiger partial charge in [0.1, 0.15) is 22.9 Å². The van der Waals surface area contributed by atoms with Gasteiger partial charge in [0.15, 0.2) is 11.5 Å². The van der Waals surface area contributed by atoms with Crippen molar-refractivity contribution in [1.82, 2.24) is 5.32 Å². The minimum atomic E-state index is -0.578. The largest absolute Gasteiger partial charge is 0.496 e. The van der Waals surface area contributed by atoms with Gasteiger partial charge in [0.2, 0.25) is 5.91 Å². The van der Waals surface area contributed by atoms with Crippen LogP contribution in [0.25, 0.3) is 6.08 Å². The van der Waals surface area contributed by atoms with Crippen LogP contribution in [0.1, 0.15) is 15.9 Å². The van der Waals surface area contributed by atoms with Gasteiger partial charge in [-0.2, -0.15) is 0 Å². The third-order valence-corrected chi connectivity index (χ3v) is 8.14. The molecule has 0 aromatic heterocycles. The van der Waals surface area contributed by atoms with E-state index in [2.05, 4.69) is 16.0 Å². The van der Waals surface area contributed by atoms with Crippen LogP contribution in [0.15, 0.2) is 132 Å². The fraction of sp³-hybridized carbons (Fsp3) is 0.103. The van der Waals surface area contributed by atoms with Gasteiger partial charge in [0.05, 0.1) is 27.1 Å². The number of carbonyl (C=O) groups excluding carboxylic acids is 3. The predicted octanol–water partition coefficient (Wildman–Crippen LogP) is 7.65. The Hall–Kier alpha value is -6.20. The zero-order valence-corrected chi connectivity index (χ0v) is 28.4. The lowest BCUT2D eigenvalue weighted by Crippen LogP contribution is -2.30. The summed E-state index contributed by atoms with van der Waals surface area (Å²) in [6, 6.07) is 35.5. The highest BCUT2D eigenvalue weighted by Crippen LogP contribution is 2.36. The number of benzene rings is 5. The van der Waals surface area contributed by atoms with Crippen molar-refractivity contribution >= 4 is 46.9 Å². The Morgan fingerprint density at radius 2 is 1.28 bits per heavy atom. The van der Waals surface area contributed by atoms with E-state index in [0.29, 0.717) is 45.5 Å². The average molecular weight is 690 g/mol. The molecule has 0 atom stereocenters. The number of carbonyl (C=O) groups is 3. The molecule has 0 fully saturated rings. The van der Waals surface area contributed by atoms with Gasteiger partial charge in [0.25, 0.3) is 11.8 Å². The smallest absolute Gasteiger partial charge is 0.272 e. The Labute approximate surface area is 294 Å². The van der Waals surface area contributed by atoms with E-state index in [-0.39, 0.29) is 17.4 Å². The lowest BCUT2D eigenvalue weighted by Gasteiger charge is -2.15. The van der Waals surface area contributed by atoms with Crippen LogP contribution in [0.4, 0.5) is 11.4 Å². The number of thioether (sulfide) groups is 1. The van der Waals surface area contributed by atoms with Crippen LogP contribution in [-0.2, 0) is 9.59 Å². The normalized spacial score (nSPS) is 10.8. The summed E-state index contributed by atoms with van der Waals surface area (Å²) in [4.78, 5) is 40.3. The monoisotopic (exact) mass is 689 g/mol. The van der Waals surface area contributed by atoms with E-state index in [9.17, 15) is 14.4 Å². The van der Waals surface area contributed by atoms with Crippen molar-refractivity contribution in [2.45, 2.75) is 4.90 Å². The number of anilines is 2. The van der Waals surface area contributed by atoms with Gasteiger partial charge in [-0.3, -0.25) is 14.4 Å². The van der Waals surface area contributed by atoms with Gasteiger partial charge in [-0.1, -0.05) is 42.5 Å². The Bertz CT molecular complexity index is 1970. The van der Waals surface area contributed by atoms with Crippen LogP contribution in [-0.4, -0.2) is 44.8 Å². The van der Waals surface area contributed by atoms with E-state index >= 15 is 0 Å². The summed E-state index contributed by atoms with van der Waals surface area (Å²) in [5, 5.41) is 8.47. The summed E-state index contributed by atoms with van der Waals surface area (Å²) < 4.78 is 22.2. The van der Waals surface area contributed by atoms with Crippen molar-refractivity contribution in [3.8, 4) is 28.7 Å². The number of hydrogen-bond donors (Lipinski definition) is 3. The van der Waals surface area contributed by atoms with Gasteiger partial charge >= 0.3 is 0 Å². The van der Waals surface area contributed by atoms with Crippen LogP contribution in [0.3, 0.4) is 0 Å². The molecule has 0 heterocycles. The van der Waals surface area contributed by atoms with E-state index in [0.717, 1.165) is 10.6 Å². The van der Waals surface area contributed by atoms with E-state index in [1.54, 1.807) is 84.9 Å². The molecule has 5 rings (SSSR count). The number of hydrogen-bond acceptors (Lipinski definition) is 8. The van der Waals surface area contributed by atoms with E-state index in [1.807, 2.05) is 36.4 Å². The molecule has 50 heavy (non-hydrogen) atoms. The van der Waals surface area contributed by atoms with Crippen LogP contribution in [0.5, 0.6) is 28.7 Å². The summed E-state index contributed by atoms with van der Waals surface area (Å²) >= 11 is 1.31. The molecule has 3 amide bonds. The van der Waals surface area contributed by atoms with Crippen molar-refractivity contribution < 1.29 is 33.3 Å². The second-order valence-corrected chi connectivity index (χ2v) is 11.6. The first-order chi connectivity index (χ1) is 24.3. The third-order valence-electron chi connectivity index (χ3n) is 7.14. The number of para-hydroxylation sites is 1. The first-order valence-electron chi connectivity index (χ1n) is 15.4. The number of ether oxygens (including phenoxy) is 4. The first-order valence-corrected chi connectivity index (χ1v) is 16.4. The van der Waals surface area contributed by atoms with Crippen molar-refractivity contribution in [2.24, 2.45) is 0 Å². The van der Waals surface area contributed by atoms with Gasteiger partial charge in [-0.05, 0) is 78.9 Å². The summed E-state index contributed by atoms with van der Waals surface area (Å²) in [6.45, 7) is 0. The van der Waals surface area contributed by atoms with Crippen molar-refractivity contribution in [3.63, 3.8) is 0 Å². The van der Waals surface area contributed by atoms with Gasteiger partial charge in [-0.15, -0.1) is 11.8 Å². The lowest BCUT2D eigenvalue weighted by molar-refractivity contribution is -0.114. The average Bonchev–Trinajstić information content (AvgIpc) is 3.15. The Balaban J connectivity index is 1.27. The van der Waals surface area contributed by atoms with E-state index in [4.69, 9.17) is 18.9 Å². The Morgan fingerprint density at radius 3 is 1.96 bits per heavy atom. The Morgan fingerprint density at radius 1 is 0.640 bits per heavy atom. The zero-order chi connectivity index (χ0) is 35.3. The number of rotatable bonds is 14. The zero-order valence-electron chi connectivity index (χ0n) is 27.6. The molecule has 3 N–H and O–H groups in total. The highest BCUT2D eigenvalue weighted by atomic mass is 32.2.